The Kier molecular flexibility index (Phi) is 18.2. The minimum absolute atomic E-state index is 0. The summed E-state index contributed by atoms with van der Waals surface area (Å²) in [5, 5.41) is 57.1. The van der Waals surface area contributed by atoms with E-state index >= 15 is 0 Å². The summed E-state index contributed by atoms with van der Waals surface area (Å²) >= 11 is 0. The van der Waals surface area contributed by atoms with Crippen LogP contribution in [0.15, 0.2) is 133 Å². The molecule has 1 aliphatic carbocycles. The molecule has 0 aromatic heterocycles. The number of rotatable bonds is 10. The average Bonchev–Trinajstić information content (AvgIpc) is 3.70. The van der Waals surface area contributed by atoms with E-state index in [1.807, 2.05) is 121 Å². The third-order valence-corrected chi connectivity index (χ3v) is 9.45. The maximum absolute atomic E-state index is 10.2. The third-order valence-electron chi connectivity index (χ3n) is 9.45. The lowest BCUT2D eigenvalue weighted by atomic mass is 9.99. The highest BCUT2D eigenvalue weighted by Gasteiger charge is 2.18. The largest absolute Gasteiger partial charge is 0.507 e. The lowest BCUT2D eigenvalue weighted by Gasteiger charge is -2.08. The molecule has 0 heterocycles. The van der Waals surface area contributed by atoms with E-state index in [1.165, 1.54) is 19.2 Å². The molecule has 322 valence electrons. The third kappa shape index (κ3) is 14.1. The first-order chi connectivity index (χ1) is 29.7. The van der Waals surface area contributed by atoms with Crippen molar-refractivity contribution in [1.82, 2.24) is 0 Å². The van der Waals surface area contributed by atoms with Crippen LogP contribution in [-0.4, -0.2) is 46.3 Å². The Labute approximate surface area is 369 Å². The number of phenols is 2. The summed E-state index contributed by atoms with van der Waals surface area (Å²) in [5.41, 5.74) is 37.9. The van der Waals surface area contributed by atoms with Crippen molar-refractivity contribution < 1.29 is 10.2 Å². The maximum atomic E-state index is 10.2. The minimum Gasteiger partial charge on any atom is -0.507 e. The monoisotopic (exact) mass is 840 g/mol. The van der Waals surface area contributed by atoms with E-state index in [-0.39, 0.29) is 42.3 Å². The topological polar surface area (TPSA) is 290 Å². The number of fused-ring (bicyclic) bond motifs is 1. The molecule has 0 radical (unpaired) electrons. The maximum Gasteiger partial charge on any atom is 0.123 e. The number of nitrogens with one attached hydrogen (secondary N) is 5. The van der Waals surface area contributed by atoms with Gasteiger partial charge in [-0.05, 0) is 77.5 Å². The van der Waals surface area contributed by atoms with Crippen LogP contribution in [-0.2, 0) is 6.42 Å². The summed E-state index contributed by atoms with van der Waals surface area (Å²) in [6.45, 7) is 1.78. The molecule has 0 fully saturated rings. The summed E-state index contributed by atoms with van der Waals surface area (Å²) < 4.78 is 0. The van der Waals surface area contributed by atoms with E-state index < -0.39 is 0 Å². The Balaban J connectivity index is 0.000000246. The summed E-state index contributed by atoms with van der Waals surface area (Å²) in [7, 11) is 1.50. The van der Waals surface area contributed by atoms with Crippen LogP contribution in [0.5, 0.6) is 11.5 Å². The second-order valence-electron chi connectivity index (χ2n) is 13.9. The summed E-state index contributed by atoms with van der Waals surface area (Å²) in [6.07, 6.45) is 10.5. The van der Waals surface area contributed by atoms with Crippen molar-refractivity contribution in [3.63, 3.8) is 0 Å². The molecule has 12 heteroatoms. The van der Waals surface area contributed by atoms with Crippen LogP contribution in [0.3, 0.4) is 0 Å². The van der Waals surface area contributed by atoms with Crippen LogP contribution in [0.2, 0.25) is 0 Å². The molecule has 6 aromatic carbocycles. The predicted octanol–water partition coefficient (Wildman–Crippen LogP) is 8.64. The first kappa shape index (κ1) is 49.0. The van der Waals surface area contributed by atoms with Crippen LogP contribution in [0.1, 0.15) is 81.1 Å². The quantitative estimate of drug-likeness (QED) is 0.0362. The summed E-state index contributed by atoms with van der Waals surface area (Å²) in [4.78, 5) is 0. The number of allylic oxidation sites excluding steroid dienone is 1. The van der Waals surface area contributed by atoms with Crippen molar-refractivity contribution in [3.8, 4) is 11.5 Å². The van der Waals surface area contributed by atoms with Crippen LogP contribution in [0, 0.1) is 27.0 Å². The van der Waals surface area contributed by atoms with Gasteiger partial charge in [-0.3, -0.25) is 21.6 Å². The van der Waals surface area contributed by atoms with Gasteiger partial charge in [0.2, 0.25) is 0 Å². The zero-order chi connectivity index (χ0) is 45.3. The van der Waals surface area contributed by atoms with E-state index in [4.69, 9.17) is 50.0 Å². The molecule has 0 atom stereocenters. The minimum atomic E-state index is -0.0587. The molecule has 6 aromatic rings. The van der Waals surface area contributed by atoms with E-state index in [2.05, 4.69) is 11.8 Å². The summed E-state index contributed by atoms with van der Waals surface area (Å²) in [6, 6.07) is 40.8. The fraction of sp³-hybridized carbons (Fsp3) is 0.0784. The van der Waals surface area contributed by atoms with Gasteiger partial charge in [0.05, 0.1) is 0 Å². The van der Waals surface area contributed by atoms with Gasteiger partial charge in [0, 0.05) is 39.1 Å². The molecule has 0 aliphatic heterocycles. The van der Waals surface area contributed by atoms with E-state index in [1.54, 1.807) is 31.2 Å². The number of benzene rings is 6. The van der Waals surface area contributed by atoms with Crippen LogP contribution < -0.4 is 28.7 Å². The Morgan fingerprint density at radius 3 is 1.38 bits per heavy atom. The number of nitrogen functional groups attached to an aromatic ring is 4. The number of aromatic hydroxyl groups is 2. The molecule has 0 saturated carbocycles. The number of phenolic OH excluding ortho intramolecular Hbond substituents is 2. The molecular formula is C51H56N10O2. The molecular weight excluding hydrogens is 785 g/mol. The highest BCUT2D eigenvalue weighted by atomic mass is 16.3. The summed E-state index contributed by atoms with van der Waals surface area (Å²) in [5.74, 6) is 0.284. The van der Waals surface area contributed by atoms with Gasteiger partial charge in [-0.15, -0.1) is 0 Å². The molecule has 0 unspecified atom stereocenters. The molecule has 7 rings (SSSR count). The van der Waals surface area contributed by atoms with Gasteiger partial charge in [0.15, 0.2) is 0 Å². The smallest absolute Gasteiger partial charge is 0.123 e. The van der Waals surface area contributed by atoms with Crippen molar-refractivity contribution in [1.29, 1.82) is 27.0 Å². The SMILES string of the molecule is C.CC(=N)c1ccc2c(c1)CC(c1ccc(C(=N)N)cc1O)=C2.CN.N=C(N)c1ccc(/C=C/c2ccc(C(=N)N)cc2)cc1.N=C(N)c1ccc(/C=C/c2ccccc2)c(O)c1. The standard InChI is InChI=1S/C18H17N3O.C16H16N4.C15H14N2O.CH5N.CH4/c1-10(19)11-2-3-12-7-15(8-14(12)6-11)16-5-4-13(18(20)21)9-17(16)22;17-15(18)13-7-3-11(4-8-13)1-2-12-5-9-14(10-6-12)16(19)20;16-15(17)13-9-8-12(14(18)10-13)7-6-11-4-2-1-3-5-11;1-2;/h2-7,9,19,22H,8H2,1H3,(H3,20,21);1-10H,(H3,17,18)(H3,19,20);1-10,18H,(H3,16,17);2H2,1H3;1H4/b;2-1+;7-6+;;. The van der Waals surface area contributed by atoms with Gasteiger partial charge in [-0.1, -0.05) is 153 Å². The van der Waals surface area contributed by atoms with Gasteiger partial charge < -0.3 is 44.3 Å². The number of hydrogen-bond acceptors (Lipinski definition) is 8. The van der Waals surface area contributed by atoms with Gasteiger partial charge in [-0.25, -0.2) is 0 Å². The molecule has 0 spiro atoms. The second kappa shape index (κ2) is 23.4. The molecule has 63 heavy (non-hydrogen) atoms. The van der Waals surface area contributed by atoms with Crippen molar-refractivity contribution >= 4 is 65.0 Å². The fourth-order valence-corrected chi connectivity index (χ4v) is 6.06. The van der Waals surface area contributed by atoms with Gasteiger partial charge >= 0.3 is 0 Å². The lowest BCUT2D eigenvalue weighted by molar-refractivity contribution is 0.473. The Hall–Kier alpha value is -8.35. The Bertz CT molecular complexity index is 2610. The Morgan fingerprint density at radius 1 is 0.492 bits per heavy atom. The first-order valence-corrected chi connectivity index (χ1v) is 19.3. The van der Waals surface area contributed by atoms with Crippen molar-refractivity contribution in [2.24, 2.45) is 28.7 Å². The molecule has 12 nitrogen and oxygen atoms in total. The Morgan fingerprint density at radius 2 is 0.921 bits per heavy atom. The average molecular weight is 841 g/mol. The molecule has 0 amide bonds. The number of amidine groups is 4. The van der Waals surface area contributed by atoms with Crippen molar-refractivity contribution in [3.05, 3.63) is 200 Å². The fourth-order valence-electron chi connectivity index (χ4n) is 6.06. The number of nitrogens with two attached hydrogens (primary N) is 5. The van der Waals surface area contributed by atoms with Crippen LogP contribution >= 0.6 is 0 Å². The molecule has 0 saturated heterocycles. The lowest BCUT2D eigenvalue weighted by Crippen LogP contribution is -2.10. The first-order valence-electron chi connectivity index (χ1n) is 19.3. The normalized spacial score (nSPS) is 10.9. The zero-order valence-electron chi connectivity index (χ0n) is 34.6. The predicted molar refractivity (Wildman–Crippen MR) is 265 cm³/mol. The van der Waals surface area contributed by atoms with E-state index in [0.717, 1.165) is 50.9 Å². The molecule has 1 aliphatic rings. The van der Waals surface area contributed by atoms with Gasteiger partial charge in [-0.2, -0.15) is 0 Å². The highest BCUT2D eigenvalue weighted by Crippen LogP contribution is 2.36. The highest BCUT2D eigenvalue weighted by molar-refractivity contribution is 6.00. The van der Waals surface area contributed by atoms with E-state index in [0.29, 0.717) is 33.5 Å². The molecule has 0 bridgehead atoms. The van der Waals surface area contributed by atoms with Gasteiger partial charge in [0.25, 0.3) is 0 Å². The second-order valence-corrected chi connectivity index (χ2v) is 13.9. The van der Waals surface area contributed by atoms with Crippen molar-refractivity contribution in [2.75, 3.05) is 7.05 Å². The van der Waals surface area contributed by atoms with Crippen LogP contribution in [0.25, 0.3) is 36.0 Å². The molecule has 17 N–H and O–H groups in total. The van der Waals surface area contributed by atoms with Crippen LogP contribution in [0.4, 0.5) is 0 Å². The van der Waals surface area contributed by atoms with Gasteiger partial charge in [0.1, 0.15) is 34.8 Å². The van der Waals surface area contributed by atoms with E-state index in [9.17, 15) is 10.2 Å². The zero-order valence-corrected chi connectivity index (χ0v) is 34.6. The number of hydrogen-bond donors (Lipinski definition) is 12. The van der Waals surface area contributed by atoms with Crippen molar-refractivity contribution in [2.45, 2.75) is 20.8 Å².